The fraction of sp³-hybridized carbons (Fsp3) is 0.625. The molecule has 2 rings (SSSR count). The monoisotopic (exact) mass is 341 g/mol. The van der Waals surface area contributed by atoms with Gasteiger partial charge in [-0.15, -0.1) is 0 Å². The second-order valence-electron chi connectivity index (χ2n) is 5.51. The summed E-state index contributed by atoms with van der Waals surface area (Å²) < 4.78 is 11.8. The highest BCUT2D eigenvalue weighted by Gasteiger charge is 2.19. The molecule has 0 aromatic heterocycles. The first-order chi connectivity index (χ1) is 9.65. The van der Waals surface area contributed by atoms with Gasteiger partial charge in [0, 0.05) is 24.2 Å². The lowest BCUT2D eigenvalue weighted by Gasteiger charge is -2.31. The quantitative estimate of drug-likeness (QED) is 0.799. The lowest BCUT2D eigenvalue weighted by Crippen LogP contribution is -2.33. The molecule has 1 aliphatic carbocycles. The standard InChI is InChI=1S/C16H24BrNO2/c1-18(13-7-5-4-6-8-13)11-12-9-14(17)16(20-3)10-15(12)19-2/h9-10,13H,4-8,11H2,1-3H3. The Kier molecular flexibility index (Phi) is 5.73. The SMILES string of the molecule is COc1cc(OC)c(CN(C)C2CCCCC2)cc1Br. The van der Waals surface area contributed by atoms with Crippen LogP contribution in [0.25, 0.3) is 0 Å². The molecule has 1 aromatic carbocycles. The van der Waals surface area contributed by atoms with E-state index in [1.165, 1.54) is 37.7 Å². The molecule has 0 spiro atoms. The Bertz CT molecular complexity index is 444. The van der Waals surface area contributed by atoms with E-state index in [9.17, 15) is 0 Å². The van der Waals surface area contributed by atoms with Crippen molar-refractivity contribution < 1.29 is 9.47 Å². The number of halogens is 1. The Hall–Kier alpha value is -0.740. The van der Waals surface area contributed by atoms with E-state index in [0.717, 1.165) is 22.5 Å². The number of ether oxygens (including phenoxy) is 2. The highest BCUT2D eigenvalue weighted by Crippen LogP contribution is 2.34. The van der Waals surface area contributed by atoms with Gasteiger partial charge in [0.1, 0.15) is 11.5 Å². The summed E-state index contributed by atoms with van der Waals surface area (Å²) in [5, 5.41) is 0. The van der Waals surface area contributed by atoms with E-state index >= 15 is 0 Å². The predicted octanol–water partition coefficient (Wildman–Crippen LogP) is 4.23. The second kappa shape index (κ2) is 7.32. The van der Waals surface area contributed by atoms with Crippen molar-refractivity contribution in [2.45, 2.75) is 44.7 Å². The summed E-state index contributed by atoms with van der Waals surface area (Å²) >= 11 is 3.56. The zero-order valence-corrected chi connectivity index (χ0v) is 14.2. The highest BCUT2D eigenvalue weighted by atomic mass is 79.9. The molecular weight excluding hydrogens is 318 g/mol. The number of methoxy groups -OCH3 is 2. The third-order valence-electron chi connectivity index (χ3n) is 4.17. The fourth-order valence-corrected chi connectivity index (χ4v) is 3.52. The Morgan fingerprint density at radius 1 is 1.10 bits per heavy atom. The highest BCUT2D eigenvalue weighted by molar-refractivity contribution is 9.10. The van der Waals surface area contributed by atoms with Gasteiger partial charge in [0.25, 0.3) is 0 Å². The van der Waals surface area contributed by atoms with Gasteiger partial charge in [-0.3, -0.25) is 4.90 Å². The van der Waals surface area contributed by atoms with E-state index in [2.05, 4.69) is 33.9 Å². The fourth-order valence-electron chi connectivity index (χ4n) is 2.97. The Labute approximate surface area is 130 Å². The Morgan fingerprint density at radius 3 is 2.35 bits per heavy atom. The molecule has 0 aliphatic heterocycles. The molecule has 1 aromatic rings. The van der Waals surface area contributed by atoms with Gasteiger partial charge in [-0.05, 0) is 41.9 Å². The summed E-state index contributed by atoms with van der Waals surface area (Å²) in [4.78, 5) is 2.45. The van der Waals surface area contributed by atoms with Crippen molar-refractivity contribution >= 4 is 15.9 Å². The smallest absolute Gasteiger partial charge is 0.136 e. The van der Waals surface area contributed by atoms with E-state index < -0.39 is 0 Å². The van der Waals surface area contributed by atoms with Crippen molar-refractivity contribution in [3.8, 4) is 11.5 Å². The predicted molar refractivity (Wildman–Crippen MR) is 85.6 cm³/mol. The molecule has 3 nitrogen and oxygen atoms in total. The molecule has 0 unspecified atom stereocenters. The van der Waals surface area contributed by atoms with Crippen LogP contribution in [0.15, 0.2) is 16.6 Å². The lowest BCUT2D eigenvalue weighted by atomic mass is 9.94. The van der Waals surface area contributed by atoms with Crippen LogP contribution in [-0.4, -0.2) is 32.2 Å². The normalized spacial score (nSPS) is 16.4. The minimum Gasteiger partial charge on any atom is -0.496 e. The molecule has 1 saturated carbocycles. The van der Waals surface area contributed by atoms with E-state index in [-0.39, 0.29) is 0 Å². The maximum absolute atomic E-state index is 5.50. The molecule has 0 atom stereocenters. The van der Waals surface area contributed by atoms with Crippen LogP contribution in [0, 0.1) is 0 Å². The number of hydrogen-bond donors (Lipinski definition) is 0. The molecule has 4 heteroatoms. The van der Waals surface area contributed by atoms with Crippen LogP contribution in [0.2, 0.25) is 0 Å². The molecular formula is C16H24BrNO2. The molecule has 20 heavy (non-hydrogen) atoms. The van der Waals surface area contributed by atoms with Crippen LogP contribution in [0.1, 0.15) is 37.7 Å². The van der Waals surface area contributed by atoms with Crippen molar-refractivity contribution in [3.63, 3.8) is 0 Å². The van der Waals surface area contributed by atoms with Gasteiger partial charge >= 0.3 is 0 Å². The van der Waals surface area contributed by atoms with Gasteiger partial charge in [-0.2, -0.15) is 0 Å². The number of hydrogen-bond acceptors (Lipinski definition) is 3. The maximum Gasteiger partial charge on any atom is 0.136 e. The molecule has 0 radical (unpaired) electrons. The first kappa shape index (κ1) is 15.6. The van der Waals surface area contributed by atoms with Crippen LogP contribution < -0.4 is 9.47 Å². The minimum atomic E-state index is 0.703. The number of nitrogens with zero attached hydrogens (tertiary/aromatic N) is 1. The van der Waals surface area contributed by atoms with Gasteiger partial charge in [-0.1, -0.05) is 19.3 Å². The van der Waals surface area contributed by atoms with Crippen molar-refractivity contribution in [1.82, 2.24) is 4.90 Å². The number of benzene rings is 1. The third-order valence-corrected chi connectivity index (χ3v) is 4.79. The summed E-state index contributed by atoms with van der Waals surface area (Å²) in [6.45, 7) is 0.913. The third kappa shape index (κ3) is 3.67. The first-order valence-electron chi connectivity index (χ1n) is 7.26. The molecule has 0 N–H and O–H groups in total. The summed E-state index contributed by atoms with van der Waals surface area (Å²) in [6, 6.07) is 4.76. The summed E-state index contributed by atoms with van der Waals surface area (Å²) in [5.41, 5.74) is 1.20. The molecule has 0 amide bonds. The van der Waals surface area contributed by atoms with Crippen LogP contribution in [0.4, 0.5) is 0 Å². The summed E-state index contributed by atoms with van der Waals surface area (Å²) in [5.74, 6) is 1.71. The van der Waals surface area contributed by atoms with Gasteiger partial charge in [0.15, 0.2) is 0 Å². The van der Waals surface area contributed by atoms with Crippen molar-refractivity contribution in [2.24, 2.45) is 0 Å². The molecule has 0 heterocycles. The zero-order chi connectivity index (χ0) is 14.5. The van der Waals surface area contributed by atoms with E-state index in [0.29, 0.717) is 6.04 Å². The van der Waals surface area contributed by atoms with Crippen LogP contribution in [0.5, 0.6) is 11.5 Å². The van der Waals surface area contributed by atoms with Crippen molar-refractivity contribution in [1.29, 1.82) is 0 Å². The largest absolute Gasteiger partial charge is 0.496 e. The molecule has 0 bridgehead atoms. The Balaban J connectivity index is 2.13. The Morgan fingerprint density at radius 2 is 1.75 bits per heavy atom. The van der Waals surface area contributed by atoms with Crippen molar-refractivity contribution in [3.05, 3.63) is 22.2 Å². The zero-order valence-electron chi connectivity index (χ0n) is 12.6. The van der Waals surface area contributed by atoms with Crippen LogP contribution in [0.3, 0.4) is 0 Å². The van der Waals surface area contributed by atoms with Gasteiger partial charge < -0.3 is 9.47 Å². The van der Waals surface area contributed by atoms with Gasteiger partial charge in [0.05, 0.1) is 18.7 Å². The summed E-state index contributed by atoms with van der Waals surface area (Å²) in [7, 11) is 5.60. The average Bonchev–Trinajstić information content (AvgIpc) is 2.48. The van der Waals surface area contributed by atoms with Gasteiger partial charge in [-0.25, -0.2) is 0 Å². The maximum atomic E-state index is 5.50. The average molecular weight is 342 g/mol. The molecule has 112 valence electrons. The molecule has 1 aliphatic rings. The van der Waals surface area contributed by atoms with E-state index in [1.54, 1.807) is 14.2 Å². The van der Waals surface area contributed by atoms with E-state index in [1.807, 2.05) is 6.07 Å². The minimum absolute atomic E-state index is 0.703. The molecule has 0 saturated heterocycles. The van der Waals surface area contributed by atoms with E-state index in [4.69, 9.17) is 9.47 Å². The second-order valence-corrected chi connectivity index (χ2v) is 6.36. The lowest BCUT2D eigenvalue weighted by molar-refractivity contribution is 0.182. The van der Waals surface area contributed by atoms with Gasteiger partial charge in [0.2, 0.25) is 0 Å². The number of rotatable bonds is 5. The first-order valence-corrected chi connectivity index (χ1v) is 8.05. The molecule has 1 fully saturated rings. The van der Waals surface area contributed by atoms with Crippen molar-refractivity contribution in [2.75, 3.05) is 21.3 Å². The topological polar surface area (TPSA) is 21.7 Å². The summed E-state index contributed by atoms with van der Waals surface area (Å²) in [6.07, 6.45) is 6.74. The van der Waals surface area contributed by atoms with Crippen LogP contribution in [-0.2, 0) is 6.54 Å². The van der Waals surface area contributed by atoms with Crippen LogP contribution >= 0.6 is 15.9 Å².